The van der Waals surface area contributed by atoms with E-state index in [1.807, 2.05) is 0 Å². The maximum Gasteiger partial charge on any atom is 0.460 e. The molecule has 0 radical (unpaired) electrons. The van der Waals surface area contributed by atoms with Gasteiger partial charge in [-0.1, -0.05) is 97.1 Å². The number of allylic oxidation sites excluding steroid dienone is 1. The molecular formula is C45H27F17N2O5. The lowest BCUT2D eigenvalue weighted by Gasteiger charge is -2.41. The van der Waals surface area contributed by atoms with Gasteiger partial charge in [0.15, 0.2) is 0 Å². The number of rotatable bonds is 14. The van der Waals surface area contributed by atoms with Crippen molar-refractivity contribution < 1.29 is 98.4 Å². The number of amides is 2. The number of carbonyl (C=O) groups excluding carboxylic acids is 2. The standard InChI is InChI=1S/C45H27F17N2O5/c46-35(39(48,49)40(50,51)41(52,53)42(54,55)43(56,57)44(58,59)45(60,61)62)36(47)69-24-18-22(63-37(65)67-20-33-29-13-5-1-9-25(29)26-10-2-6-14-30(26)33)17-23(19-24)64-38(66)68-21-34-31-15-7-3-11-27(31)28-12-4-8-16-32(28)34/h1-19,33-34H,20-21H2,(H,63,65)(H,64,66). The van der Waals surface area contributed by atoms with Crippen LogP contribution in [0.2, 0.25) is 0 Å². The highest BCUT2D eigenvalue weighted by Gasteiger charge is 2.94. The Hall–Kier alpha value is -7.01. The van der Waals surface area contributed by atoms with Gasteiger partial charge in [0, 0.05) is 35.3 Å². The first-order chi connectivity index (χ1) is 32.1. The first kappa shape index (κ1) is 49.9. The van der Waals surface area contributed by atoms with Gasteiger partial charge < -0.3 is 14.2 Å². The van der Waals surface area contributed by atoms with Crippen LogP contribution < -0.4 is 15.4 Å². The zero-order chi connectivity index (χ0) is 50.7. The number of hydrogen-bond donors (Lipinski definition) is 2. The number of hydrogen-bond acceptors (Lipinski definition) is 5. The van der Waals surface area contributed by atoms with Crippen LogP contribution >= 0.6 is 0 Å². The van der Waals surface area contributed by atoms with Crippen LogP contribution in [0.15, 0.2) is 127 Å². The predicted octanol–water partition coefficient (Wildman–Crippen LogP) is 14.3. The van der Waals surface area contributed by atoms with E-state index in [1.54, 1.807) is 97.1 Å². The van der Waals surface area contributed by atoms with Crippen LogP contribution in [0.3, 0.4) is 0 Å². The summed E-state index contributed by atoms with van der Waals surface area (Å²) in [6.45, 7) is -0.730. The van der Waals surface area contributed by atoms with Crippen LogP contribution in [-0.4, -0.2) is 67.1 Å². The Morgan fingerprint density at radius 1 is 0.449 bits per heavy atom. The summed E-state index contributed by atoms with van der Waals surface area (Å²) in [7, 11) is 0. The van der Waals surface area contributed by atoms with Gasteiger partial charge in [0.1, 0.15) is 19.0 Å². The Morgan fingerprint density at radius 3 is 1.12 bits per heavy atom. The van der Waals surface area contributed by atoms with Gasteiger partial charge in [-0.2, -0.15) is 74.6 Å². The fourth-order valence-corrected chi connectivity index (χ4v) is 7.68. The number of anilines is 2. The van der Waals surface area contributed by atoms with E-state index < -0.39 is 94.7 Å². The molecule has 24 heteroatoms. The van der Waals surface area contributed by atoms with E-state index in [2.05, 4.69) is 15.4 Å². The molecular weight excluding hydrogens is 971 g/mol. The Balaban J connectivity index is 1.15. The molecule has 69 heavy (non-hydrogen) atoms. The smallest absolute Gasteiger partial charge is 0.448 e. The number of nitrogens with one attached hydrogen (secondary N) is 2. The highest BCUT2D eigenvalue weighted by atomic mass is 19.4. The molecule has 0 saturated carbocycles. The van der Waals surface area contributed by atoms with Crippen molar-refractivity contribution in [2.75, 3.05) is 23.8 Å². The van der Waals surface area contributed by atoms with Crippen molar-refractivity contribution in [3.05, 3.63) is 149 Å². The first-order valence-corrected chi connectivity index (χ1v) is 19.5. The fraction of sp³-hybridized carbons (Fsp3) is 0.244. The van der Waals surface area contributed by atoms with Gasteiger partial charge in [-0.05, 0) is 50.6 Å². The van der Waals surface area contributed by atoms with E-state index in [1.165, 1.54) is 0 Å². The number of benzene rings is 5. The van der Waals surface area contributed by atoms with Gasteiger partial charge in [-0.25, -0.2) is 9.59 Å². The monoisotopic (exact) mass is 998 g/mol. The molecule has 5 aromatic carbocycles. The van der Waals surface area contributed by atoms with E-state index in [9.17, 15) is 79.8 Å². The van der Waals surface area contributed by atoms with Gasteiger partial charge in [0.2, 0.25) is 5.83 Å². The number of halogens is 17. The molecule has 0 atom stereocenters. The molecule has 0 bridgehead atoms. The largest absolute Gasteiger partial charge is 0.460 e. The number of alkyl halides is 15. The van der Waals surface area contributed by atoms with E-state index in [0.717, 1.165) is 50.6 Å². The van der Waals surface area contributed by atoms with Crippen LogP contribution in [0.5, 0.6) is 5.75 Å². The lowest BCUT2D eigenvalue weighted by atomic mass is 9.91. The molecule has 0 fully saturated rings. The van der Waals surface area contributed by atoms with E-state index >= 15 is 4.39 Å². The molecule has 0 aromatic heterocycles. The van der Waals surface area contributed by atoms with Crippen LogP contribution in [0.4, 0.5) is 95.6 Å². The van der Waals surface area contributed by atoms with Gasteiger partial charge >= 0.3 is 59.9 Å². The van der Waals surface area contributed by atoms with Crippen LogP contribution in [0.25, 0.3) is 22.3 Å². The molecule has 0 unspecified atom stereocenters. The molecule has 2 amide bonds. The topological polar surface area (TPSA) is 85.9 Å². The minimum absolute atomic E-state index is 0.365. The average molecular weight is 999 g/mol. The molecule has 0 heterocycles. The van der Waals surface area contributed by atoms with Crippen LogP contribution in [0, 0.1) is 0 Å². The minimum atomic E-state index is -8.78. The molecule has 0 spiro atoms. The second-order valence-corrected chi connectivity index (χ2v) is 15.3. The second kappa shape index (κ2) is 17.5. The van der Waals surface area contributed by atoms with Gasteiger partial charge in [0.25, 0.3) is 0 Å². The van der Waals surface area contributed by atoms with Gasteiger partial charge in [0.05, 0.1) is 0 Å². The summed E-state index contributed by atoms with van der Waals surface area (Å²) in [6.07, 6.45) is -10.6. The van der Waals surface area contributed by atoms with Crippen LogP contribution in [-0.2, 0) is 9.47 Å². The zero-order valence-corrected chi connectivity index (χ0v) is 34.0. The molecule has 2 aliphatic rings. The molecule has 0 aliphatic heterocycles. The van der Waals surface area contributed by atoms with Crippen molar-refractivity contribution in [2.24, 2.45) is 0 Å². The third kappa shape index (κ3) is 8.40. The fourth-order valence-electron chi connectivity index (χ4n) is 7.68. The first-order valence-electron chi connectivity index (χ1n) is 19.5. The molecule has 366 valence electrons. The Labute approximate surface area is 376 Å². The third-order valence-corrected chi connectivity index (χ3v) is 11.1. The SMILES string of the molecule is O=C(Nc1cc(NC(=O)OCC2c3ccccc3-c3ccccc32)cc(OC(F)=C(F)C(F)(F)C(F)(F)C(F)(F)C(F)(F)C(F)(F)C(F)(F)C(F)(F)F)c1)OCC1c2ccccc2-c2ccccc21. The van der Waals surface area contributed by atoms with Gasteiger partial charge in [-0.15, -0.1) is 0 Å². The maximum atomic E-state index is 15.0. The molecule has 7 rings (SSSR count). The van der Waals surface area contributed by atoms with Crippen LogP contribution in [0.1, 0.15) is 34.1 Å². The number of carbonyl (C=O) groups is 2. The Kier molecular flexibility index (Phi) is 12.7. The highest BCUT2D eigenvalue weighted by Crippen LogP contribution is 2.63. The van der Waals surface area contributed by atoms with Gasteiger partial charge in [-0.3, -0.25) is 10.6 Å². The summed E-state index contributed by atoms with van der Waals surface area (Å²) in [4.78, 5) is 26.2. The predicted molar refractivity (Wildman–Crippen MR) is 209 cm³/mol. The summed E-state index contributed by atoms with van der Waals surface area (Å²) < 4.78 is 251. The molecule has 2 N–H and O–H groups in total. The molecule has 7 nitrogen and oxygen atoms in total. The molecule has 5 aromatic rings. The zero-order valence-electron chi connectivity index (χ0n) is 34.0. The number of fused-ring (bicyclic) bond motifs is 6. The van der Waals surface area contributed by atoms with Crippen molar-refractivity contribution in [3.63, 3.8) is 0 Å². The summed E-state index contributed by atoms with van der Waals surface area (Å²) in [6, 6.07) is 25.9. The summed E-state index contributed by atoms with van der Waals surface area (Å²) >= 11 is 0. The van der Waals surface area contributed by atoms with E-state index in [-0.39, 0.29) is 13.2 Å². The summed E-state index contributed by atoms with van der Waals surface area (Å²) in [5.41, 5.74) is 4.77. The third-order valence-electron chi connectivity index (χ3n) is 11.1. The maximum absolute atomic E-state index is 15.0. The minimum Gasteiger partial charge on any atom is -0.448 e. The number of ether oxygens (including phenoxy) is 3. The Morgan fingerprint density at radius 2 is 0.768 bits per heavy atom. The average Bonchev–Trinajstić information content (AvgIpc) is 3.78. The van der Waals surface area contributed by atoms with Crippen molar-refractivity contribution in [1.29, 1.82) is 0 Å². The Bertz CT molecular complexity index is 2610. The molecule has 0 saturated heterocycles. The quantitative estimate of drug-likeness (QED) is 0.0855. The normalized spacial score (nSPS) is 14.8. The lowest BCUT2D eigenvalue weighted by molar-refractivity contribution is -0.451. The lowest BCUT2D eigenvalue weighted by Crippen LogP contribution is -2.72. The van der Waals surface area contributed by atoms with E-state index in [0.29, 0.717) is 12.1 Å². The van der Waals surface area contributed by atoms with Crippen molar-refractivity contribution in [2.45, 2.75) is 53.5 Å². The van der Waals surface area contributed by atoms with Crippen molar-refractivity contribution in [3.8, 4) is 28.0 Å². The second-order valence-electron chi connectivity index (χ2n) is 15.3. The van der Waals surface area contributed by atoms with E-state index in [4.69, 9.17) is 9.47 Å². The highest BCUT2D eigenvalue weighted by molar-refractivity contribution is 5.90. The van der Waals surface area contributed by atoms with Crippen molar-refractivity contribution in [1.82, 2.24) is 0 Å². The van der Waals surface area contributed by atoms with Crippen molar-refractivity contribution >= 4 is 23.6 Å². The summed E-state index contributed by atoms with van der Waals surface area (Å²) in [5, 5.41) is 4.14. The molecule has 2 aliphatic carbocycles. The summed E-state index contributed by atoms with van der Waals surface area (Å²) in [5.74, 6) is -57.9.